The zero-order valence-electron chi connectivity index (χ0n) is 10.5. The molecular weight excluding hydrogens is 248 g/mol. The van der Waals surface area contributed by atoms with E-state index in [0.717, 1.165) is 5.56 Å². The van der Waals surface area contributed by atoms with Gasteiger partial charge in [-0.25, -0.2) is 5.48 Å². The number of benzene rings is 1. The van der Waals surface area contributed by atoms with Gasteiger partial charge in [-0.15, -0.1) is 0 Å². The summed E-state index contributed by atoms with van der Waals surface area (Å²) in [4.78, 5) is 17.1. The summed E-state index contributed by atoms with van der Waals surface area (Å²) in [7, 11) is 0. The summed E-state index contributed by atoms with van der Waals surface area (Å²) < 4.78 is 0. The van der Waals surface area contributed by atoms with E-state index in [9.17, 15) is 9.90 Å². The molecule has 19 heavy (non-hydrogen) atoms. The van der Waals surface area contributed by atoms with Crippen molar-refractivity contribution in [3.8, 4) is 0 Å². The minimum atomic E-state index is -0.572. The maximum atomic E-state index is 11.5. The summed E-state index contributed by atoms with van der Waals surface area (Å²) in [6.07, 6.45) is 0.449. The van der Waals surface area contributed by atoms with E-state index in [1.54, 1.807) is 5.48 Å². The van der Waals surface area contributed by atoms with Gasteiger partial charge in [0.25, 0.3) is 5.91 Å². The first-order valence-corrected chi connectivity index (χ1v) is 6.26. The number of hydrogen-bond acceptors (Lipinski definition) is 5. The molecule has 6 nitrogen and oxygen atoms in total. The van der Waals surface area contributed by atoms with Crippen LogP contribution in [0, 0.1) is 0 Å². The van der Waals surface area contributed by atoms with Gasteiger partial charge >= 0.3 is 0 Å². The Hall–Kier alpha value is -1.47. The van der Waals surface area contributed by atoms with Gasteiger partial charge in [0.1, 0.15) is 6.04 Å². The molecule has 104 valence electrons. The minimum absolute atomic E-state index is 0.255. The predicted octanol–water partition coefficient (Wildman–Crippen LogP) is 0.449. The number of aliphatic hydroxyl groups is 1. The number of nitrogens with one attached hydrogen (secondary N) is 1. The SMILES string of the molecule is O=C(NO)[C@H]1CC[C@@H](O)CN1OCc1ccccc1. The van der Waals surface area contributed by atoms with Gasteiger partial charge in [0.05, 0.1) is 19.3 Å². The molecule has 0 spiro atoms. The van der Waals surface area contributed by atoms with E-state index in [1.807, 2.05) is 30.3 Å². The Labute approximate surface area is 111 Å². The van der Waals surface area contributed by atoms with Gasteiger partial charge < -0.3 is 5.11 Å². The van der Waals surface area contributed by atoms with Crippen LogP contribution < -0.4 is 5.48 Å². The van der Waals surface area contributed by atoms with Crippen LogP contribution in [0.1, 0.15) is 18.4 Å². The Kier molecular flexibility index (Phi) is 4.86. The van der Waals surface area contributed by atoms with E-state index in [2.05, 4.69) is 0 Å². The number of hydroxylamine groups is 3. The van der Waals surface area contributed by atoms with Crippen LogP contribution in [0.5, 0.6) is 0 Å². The molecule has 6 heteroatoms. The van der Waals surface area contributed by atoms with Crippen molar-refractivity contribution in [3.05, 3.63) is 35.9 Å². The second-order valence-electron chi connectivity index (χ2n) is 4.58. The number of carbonyl (C=O) groups excluding carboxylic acids is 1. The van der Waals surface area contributed by atoms with Gasteiger partial charge in [-0.1, -0.05) is 30.3 Å². The first-order valence-electron chi connectivity index (χ1n) is 6.26. The summed E-state index contributed by atoms with van der Waals surface area (Å²) in [5.74, 6) is -0.514. The average molecular weight is 266 g/mol. The lowest BCUT2D eigenvalue weighted by Gasteiger charge is -2.35. The fraction of sp³-hybridized carbons (Fsp3) is 0.462. The van der Waals surface area contributed by atoms with E-state index >= 15 is 0 Å². The van der Waals surface area contributed by atoms with Crippen LogP contribution in [0.4, 0.5) is 0 Å². The Bertz CT molecular complexity index is 412. The lowest BCUT2D eigenvalue weighted by Crippen LogP contribution is -2.52. The molecule has 1 fully saturated rings. The minimum Gasteiger partial charge on any atom is -0.392 e. The number of amides is 1. The standard InChI is InChI=1S/C13H18N2O4/c16-11-6-7-12(13(17)14-18)15(8-11)19-9-10-4-2-1-3-5-10/h1-5,11-12,16,18H,6-9H2,(H,14,17)/t11-,12-/m1/s1. The number of hydrogen-bond donors (Lipinski definition) is 3. The molecule has 0 saturated carbocycles. The molecule has 1 saturated heterocycles. The first kappa shape index (κ1) is 14.0. The Morgan fingerprint density at radius 1 is 1.37 bits per heavy atom. The van der Waals surface area contributed by atoms with Crippen LogP contribution in [-0.4, -0.2) is 40.0 Å². The van der Waals surface area contributed by atoms with Gasteiger partial charge in [-0.05, 0) is 18.4 Å². The highest BCUT2D eigenvalue weighted by Gasteiger charge is 2.33. The predicted molar refractivity (Wildman–Crippen MR) is 66.9 cm³/mol. The largest absolute Gasteiger partial charge is 0.392 e. The quantitative estimate of drug-likeness (QED) is 0.544. The number of carbonyl (C=O) groups is 1. The highest BCUT2D eigenvalue weighted by Crippen LogP contribution is 2.19. The van der Waals surface area contributed by atoms with Gasteiger partial charge in [-0.3, -0.25) is 14.8 Å². The van der Waals surface area contributed by atoms with Gasteiger partial charge in [0.15, 0.2) is 0 Å². The molecule has 0 aliphatic carbocycles. The van der Waals surface area contributed by atoms with Crippen LogP contribution in [0.15, 0.2) is 30.3 Å². The normalized spacial score (nSPS) is 24.1. The van der Waals surface area contributed by atoms with Crippen molar-refractivity contribution < 1.29 is 19.9 Å². The first-order chi connectivity index (χ1) is 9.20. The summed E-state index contributed by atoms with van der Waals surface area (Å²) in [5, 5.41) is 19.8. The maximum absolute atomic E-state index is 11.5. The fourth-order valence-electron chi connectivity index (χ4n) is 2.13. The summed E-state index contributed by atoms with van der Waals surface area (Å²) in [5.41, 5.74) is 2.61. The van der Waals surface area contributed by atoms with E-state index in [0.29, 0.717) is 19.4 Å². The van der Waals surface area contributed by atoms with Crippen LogP contribution in [-0.2, 0) is 16.2 Å². The zero-order chi connectivity index (χ0) is 13.7. The van der Waals surface area contributed by atoms with E-state index in [4.69, 9.17) is 10.0 Å². The summed E-state index contributed by atoms with van der Waals surface area (Å²) >= 11 is 0. The Balaban J connectivity index is 1.96. The molecule has 1 amide bonds. The van der Waals surface area contributed by atoms with E-state index in [1.165, 1.54) is 5.06 Å². The van der Waals surface area contributed by atoms with Crippen LogP contribution in [0.25, 0.3) is 0 Å². The van der Waals surface area contributed by atoms with Crippen molar-refractivity contribution in [2.24, 2.45) is 0 Å². The van der Waals surface area contributed by atoms with E-state index < -0.39 is 18.1 Å². The number of nitrogens with zero attached hydrogens (tertiary/aromatic N) is 1. The molecule has 3 N–H and O–H groups in total. The molecular formula is C13H18N2O4. The summed E-state index contributed by atoms with van der Waals surface area (Å²) in [6.45, 7) is 0.577. The molecule has 0 radical (unpaired) electrons. The molecule has 1 aromatic rings. The fourth-order valence-corrected chi connectivity index (χ4v) is 2.13. The highest BCUT2D eigenvalue weighted by molar-refractivity contribution is 5.80. The molecule has 1 aromatic carbocycles. The third-order valence-corrected chi connectivity index (χ3v) is 3.16. The zero-order valence-corrected chi connectivity index (χ0v) is 10.5. The Morgan fingerprint density at radius 3 is 2.79 bits per heavy atom. The second-order valence-corrected chi connectivity index (χ2v) is 4.58. The monoisotopic (exact) mass is 266 g/mol. The van der Waals surface area contributed by atoms with Crippen molar-refractivity contribution in [1.82, 2.24) is 10.5 Å². The average Bonchev–Trinajstić information content (AvgIpc) is 2.45. The second kappa shape index (κ2) is 6.63. The molecule has 1 aliphatic heterocycles. The van der Waals surface area contributed by atoms with Crippen molar-refractivity contribution >= 4 is 5.91 Å². The third-order valence-electron chi connectivity index (χ3n) is 3.16. The van der Waals surface area contributed by atoms with Crippen molar-refractivity contribution in [2.45, 2.75) is 31.6 Å². The molecule has 0 unspecified atom stereocenters. The summed E-state index contributed by atoms with van der Waals surface area (Å²) in [6, 6.07) is 8.99. The molecule has 0 aromatic heterocycles. The smallest absolute Gasteiger partial charge is 0.263 e. The molecule has 2 rings (SSSR count). The Morgan fingerprint density at radius 2 is 2.11 bits per heavy atom. The van der Waals surface area contributed by atoms with Gasteiger partial charge in [0.2, 0.25) is 0 Å². The van der Waals surface area contributed by atoms with Crippen molar-refractivity contribution in [1.29, 1.82) is 0 Å². The highest BCUT2D eigenvalue weighted by atomic mass is 16.7. The topological polar surface area (TPSA) is 82.0 Å². The number of β-amino-alcohol motifs (C(OH)–C–C–N with tert-alkyl or cyclic N) is 1. The van der Waals surface area contributed by atoms with Crippen LogP contribution in [0.3, 0.4) is 0 Å². The number of rotatable bonds is 4. The van der Waals surface area contributed by atoms with Crippen LogP contribution >= 0.6 is 0 Å². The lowest BCUT2D eigenvalue weighted by atomic mass is 10.0. The van der Waals surface area contributed by atoms with E-state index in [-0.39, 0.29) is 6.54 Å². The van der Waals surface area contributed by atoms with Crippen molar-refractivity contribution in [3.63, 3.8) is 0 Å². The van der Waals surface area contributed by atoms with Crippen LogP contribution in [0.2, 0.25) is 0 Å². The maximum Gasteiger partial charge on any atom is 0.263 e. The molecule has 1 heterocycles. The van der Waals surface area contributed by atoms with Gasteiger partial charge in [-0.2, -0.15) is 5.06 Å². The van der Waals surface area contributed by atoms with Gasteiger partial charge in [0, 0.05) is 0 Å². The number of piperidine rings is 1. The lowest BCUT2D eigenvalue weighted by molar-refractivity contribution is -0.224. The van der Waals surface area contributed by atoms with Crippen molar-refractivity contribution in [2.75, 3.05) is 6.54 Å². The molecule has 1 aliphatic rings. The third kappa shape index (κ3) is 3.74. The number of aliphatic hydroxyl groups excluding tert-OH is 1. The molecule has 0 bridgehead atoms. The molecule has 2 atom stereocenters.